The number of Topliss-reactive ketones (excluding diaryl/α,β-unsaturated/α-hetero) is 2. The van der Waals surface area contributed by atoms with E-state index in [0.717, 1.165) is 16.7 Å². The standard InChI is InChI=1S/C26H26F2N2O4/c27-26(28)10-11-29(16-26)13-17-4-6-18(7-5-17)15-34-24-3-1-2-20-21(24)14-30(25(20)33)22-9-8-19(31)12-23(22)32/h1-7,22H,8-16H2. The maximum absolute atomic E-state index is 13.4. The van der Waals surface area contributed by atoms with Crippen LogP contribution in [0.3, 0.4) is 0 Å². The normalized spacial score (nSPS) is 22.4. The highest BCUT2D eigenvalue weighted by Gasteiger charge is 2.40. The van der Waals surface area contributed by atoms with Crippen LogP contribution >= 0.6 is 0 Å². The van der Waals surface area contributed by atoms with Crippen LogP contribution in [-0.4, -0.2) is 52.3 Å². The zero-order chi connectivity index (χ0) is 23.9. The number of halogens is 2. The van der Waals surface area contributed by atoms with Crippen molar-refractivity contribution in [3.8, 4) is 5.75 Å². The molecule has 2 aliphatic heterocycles. The van der Waals surface area contributed by atoms with Crippen LogP contribution in [0.1, 0.15) is 52.7 Å². The molecule has 2 aromatic carbocycles. The average molecular weight is 469 g/mol. The number of rotatable bonds is 6. The van der Waals surface area contributed by atoms with E-state index in [4.69, 9.17) is 4.74 Å². The van der Waals surface area contributed by atoms with Gasteiger partial charge in [-0.3, -0.25) is 19.3 Å². The van der Waals surface area contributed by atoms with Gasteiger partial charge in [-0.2, -0.15) is 0 Å². The molecular weight excluding hydrogens is 442 g/mol. The third-order valence-electron chi connectivity index (χ3n) is 6.84. The Hall–Kier alpha value is -3.13. The third-order valence-corrected chi connectivity index (χ3v) is 6.84. The number of carbonyl (C=O) groups is 3. The van der Waals surface area contributed by atoms with Crippen LogP contribution in [0.15, 0.2) is 42.5 Å². The van der Waals surface area contributed by atoms with E-state index in [1.807, 2.05) is 30.3 Å². The second kappa shape index (κ2) is 8.91. The summed E-state index contributed by atoms with van der Waals surface area (Å²) in [5.74, 6) is -2.47. The molecule has 0 bridgehead atoms. The molecule has 2 fully saturated rings. The van der Waals surface area contributed by atoms with Crippen LogP contribution in [0, 0.1) is 0 Å². The highest BCUT2D eigenvalue weighted by atomic mass is 19.3. The summed E-state index contributed by atoms with van der Waals surface area (Å²) in [7, 11) is 0. The number of carbonyl (C=O) groups excluding carboxylic acids is 3. The van der Waals surface area contributed by atoms with E-state index in [1.54, 1.807) is 21.9 Å². The van der Waals surface area contributed by atoms with Crippen molar-refractivity contribution in [3.63, 3.8) is 0 Å². The molecule has 0 N–H and O–H groups in total. The number of fused-ring (bicyclic) bond motifs is 1. The molecule has 3 aliphatic rings. The van der Waals surface area contributed by atoms with Gasteiger partial charge < -0.3 is 9.64 Å². The molecule has 1 unspecified atom stereocenters. The molecule has 0 spiro atoms. The van der Waals surface area contributed by atoms with Gasteiger partial charge in [0, 0.05) is 37.1 Å². The number of alkyl halides is 2. The number of hydrogen-bond donors (Lipinski definition) is 0. The maximum Gasteiger partial charge on any atom is 0.261 e. The van der Waals surface area contributed by atoms with Gasteiger partial charge in [0.2, 0.25) is 0 Å². The lowest BCUT2D eigenvalue weighted by Gasteiger charge is -2.29. The fourth-order valence-electron chi connectivity index (χ4n) is 5.00. The molecule has 8 heteroatoms. The van der Waals surface area contributed by atoms with Crippen molar-refractivity contribution in [2.24, 2.45) is 0 Å². The highest BCUT2D eigenvalue weighted by molar-refractivity contribution is 6.07. The summed E-state index contributed by atoms with van der Waals surface area (Å²) in [6.07, 6.45) is 0.489. The van der Waals surface area contributed by atoms with Gasteiger partial charge in [-0.1, -0.05) is 30.3 Å². The van der Waals surface area contributed by atoms with Crippen molar-refractivity contribution in [1.29, 1.82) is 0 Å². The van der Waals surface area contributed by atoms with Gasteiger partial charge in [0.15, 0.2) is 5.78 Å². The van der Waals surface area contributed by atoms with Gasteiger partial charge in [-0.15, -0.1) is 0 Å². The SMILES string of the molecule is O=C1CCC(N2Cc3c(OCc4ccc(CN5CCC(F)(F)C5)cc4)cccc3C2=O)C(=O)C1. The summed E-state index contributed by atoms with van der Waals surface area (Å²) in [6, 6.07) is 12.4. The molecule has 34 heavy (non-hydrogen) atoms. The van der Waals surface area contributed by atoms with Crippen molar-refractivity contribution < 1.29 is 27.9 Å². The molecule has 1 saturated carbocycles. The molecule has 1 saturated heterocycles. The van der Waals surface area contributed by atoms with Crippen LogP contribution in [0.2, 0.25) is 0 Å². The van der Waals surface area contributed by atoms with Gasteiger partial charge >= 0.3 is 0 Å². The Kier molecular flexibility index (Phi) is 5.93. The molecule has 178 valence electrons. The Morgan fingerprint density at radius 3 is 2.50 bits per heavy atom. The van der Waals surface area contributed by atoms with Gasteiger partial charge in [0.1, 0.15) is 18.1 Å². The van der Waals surface area contributed by atoms with E-state index in [-0.39, 0.29) is 43.4 Å². The molecule has 5 rings (SSSR count). The minimum Gasteiger partial charge on any atom is -0.489 e. The topological polar surface area (TPSA) is 66.9 Å². The molecule has 0 aromatic heterocycles. The molecule has 1 amide bonds. The summed E-state index contributed by atoms with van der Waals surface area (Å²) in [5.41, 5.74) is 3.18. The summed E-state index contributed by atoms with van der Waals surface area (Å²) in [5, 5.41) is 0. The van der Waals surface area contributed by atoms with E-state index in [1.165, 1.54) is 0 Å². The second-order valence-corrected chi connectivity index (χ2v) is 9.37. The Labute approximate surface area is 196 Å². The molecule has 2 aromatic rings. The first kappa shape index (κ1) is 22.7. The maximum atomic E-state index is 13.4. The number of nitrogens with zero attached hydrogens (tertiary/aromatic N) is 2. The van der Waals surface area contributed by atoms with Crippen molar-refractivity contribution in [2.75, 3.05) is 13.1 Å². The molecular formula is C26H26F2N2O4. The monoisotopic (exact) mass is 468 g/mol. The van der Waals surface area contributed by atoms with E-state index in [0.29, 0.717) is 43.9 Å². The summed E-state index contributed by atoms with van der Waals surface area (Å²) in [4.78, 5) is 40.2. The fourth-order valence-corrected chi connectivity index (χ4v) is 5.00. The largest absolute Gasteiger partial charge is 0.489 e. The van der Waals surface area contributed by atoms with E-state index >= 15 is 0 Å². The minimum atomic E-state index is -2.59. The quantitative estimate of drug-likeness (QED) is 0.604. The van der Waals surface area contributed by atoms with Crippen LogP contribution in [0.25, 0.3) is 0 Å². The number of ketones is 2. The van der Waals surface area contributed by atoms with Crippen LogP contribution in [0.5, 0.6) is 5.75 Å². The predicted octanol–water partition coefficient (Wildman–Crippen LogP) is 3.75. The van der Waals surface area contributed by atoms with Crippen molar-refractivity contribution in [3.05, 3.63) is 64.7 Å². The second-order valence-electron chi connectivity index (χ2n) is 9.37. The predicted molar refractivity (Wildman–Crippen MR) is 120 cm³/mol. The van der Waals surface area contributed by atoms with E-state index in [2.05, 4.69) is 0 Å². The summed E-state index contributed by atoms with van der Waals surface area (Å²) in [6.45, 7) is 1.27. The number of likely N-dealkylation sites (tertiary alicyclic amines) is 1. The van der Waals surface area contributed by atoms with Crippen LogP contribution in [0.4, 0.5) is 8.78 Å². The van der Waals surface area contributed by atoms with Crippen molar-refractivity contribution >= 4 is 17.5 Å². The Bertz CT molecular complexity index is 1130. The van der Waals surface area contributed by atoms with Crippen LogP contribution in [-0.2, 0) is 29.3 Å². The smallest absolute Gasteiger partial charge is 0.261 e. The molecule has 1 aliphatic carbocycles. The zero-order valence-corrected chi connectivity index (χ0v) is 18.8. The van der Waals surface area contributed by atoms with E-state index < -0.39 is 12.0 Å². The number of amides is 1. The Balaban J connectivity index is 1.22. The van der Waals surface area contributed by atoms with Crippen LogP contribution < -0.4 is 4.74 Å². The first-order valence-corrected chi connectivity index (χ1v) is 11.6. The molecule has 0 radical (unpaired) electrons. The van der Waals surface area contributed by atoms with Gasteiger partial charge in [0.05, 0.1) is 25.6 Å². The highest BCUT2D eigenvalue weighted by Crippen LogP contribution is 2.34. The number of hydrogen-bond acceptors (Lipinski definition) is 5. The third kappa shape index (κ3) is 4.59. The van der Waals surface area contributed by atoms with Gasteiger partial charge in [0.25, 0.3) is 11.8 Å². The lowest BCUT2D eigenvalue weighted by atomic mass is 9.92. The summed E-state index contributed by atoms with van der Waals surface area (Å²) < 4.78 is 32.8. The number of ether oxygens (including phenoxy) is 1. The van der Waals surface area contributed by atoms with Gasteiger partial charge in [-0.25, -0.2) is 8.78 Å². The summed E-state index contributed by atoms with van der Waals surface area (Å²) >= 11 is 0. The van der Waals surface area contributed by atoms with Gasteiger partial charge in [-0.05, 0) is 29.7 Å². The first-order chi connectivity index (χ1) is 16.3. The zero-order valence-electron chi connectivity index (χ0n) is 18.8. The van der Waals surface area contributed by atoms with Crippen molar-refractivity contribution in [1.82, 2.24) is 9.80 Å². The fraction of sp³-hybridized carbons (Fsp3) is 0.423. The lowest BCUT2D eigenvalue weighted by Crippen LogP contribution is -2.44. The average Bonchev–Trinajstić information content (AvgIpc) is 3.32. The Morgan fingerprint density at radius 2 is 1.79 bits per heavy atom. The molecule has 2 heterocycles. The van der Waals surface area contributed by atoms with Crippen molar-refractivity contribution in [2.45, 2.75) is 57.3 Å². The minimum absolute atomic E-state index is 0.0705. The first-order valence-electron chi connectivity index (χ1n) is 11.6. The van der Waals surface area contributed by atoms with E-state index in [9.17, 15) is 23.2 Å². The molecule has 6 nitrogen and oxygen atoms in total. The lowest BCUT2D eigenvalue weighted by molar-refractivity contribution is -0.133. The molecule has 1 atom stereocenters. The number of benzene rings is 2. The Morgan fingerprint density at radius 1 is 1.03 bits per heavy atom.